The number of hydrogen-bond acceptors (Lipinski definition) is 6. The molecule has 1 aromatic carbocycles. The summed E-state index contributed by atoms with van der Waals surface area (Å²) in [5.74, 6) is 1.04. The van der Waals surface area contributed by atoms with E-state index in [2.05, 4.69) is 10.3 Å². The quantitative estimate of drug-likeness (QED) is 0.702. The van der Waals surface area contributed by atoms with Gasteiger partial charge in [-0.2, -0.15) is 0 Å². The minimum Gasteiger partial charge on any atom is -0.492 e. The molecule has 1 N–H and O–H groups in total. The minimum absolute atomic E-state index is 0.00399. The molecule has 152 valence electrons. The first-order valence-corrected chi connectivity index (χ1v) is 10.3. The molecule has 0 spiro atoms. The highest BCUT2D eigenvalue weighted by atomic mass is 32.2. The van der Waals surface area contributed by atoms with Crippen LogP contribution in [0, 0.1) is 6.92 Å². The van der Waals surface area contributed by atoms with E-state index in [9.17, 15) is 14.4 Å². The lowest BCUT2D eigenvalue weighted by molar-refractivity contribution is -0.115. The zero-order valence-electron chi connectivity index (χ0n) is 16.7. The molecule has 1 aliphatic heterocycles. The molecular formula is C21H23N3O4S. The molecule has 0 unspecified atom stereocenters. The molecule has 2 aromatic rings. The van der Waals surface area contributed by atoms with E-state index in [0.29, 0.717) is 36.6 Å². The summed E-state index contributed by atoms with van der Waals surface area (Å²) in [4.78, 5) is 40.4. The Kier molecular flexibility index (Phi) is 6.53. The van der Waals surface area contributed by atoms with Crippen LogP contribution >= 0.6 is 11.8 Å². The number of benzene rings is 1. The maximum atomic E-state index is 12.7. The second kappa shape index (κ2) is 9.09. The van der Waals surface area contributed by atoms with E-state index in [1.165, 1.54) is 0 Å². The molecule has 2 heterocycles. The lowest BCUT2D eigenvalue weighted by Gasteiger charge is -2.15. The van der Waals surface area contributed by atoms with E-state index in [0.717, 1.165) is 34.4 Å². The van der Waals surface area contributed by atoms with Crippen LogP contribution in [0.2, 0.25) is 0 Å². The molecule has 0 aliphatic carbocycles. The van der Waals surface area contributed by atoms with Crippen molar-refractivity contribution in [2.75, 3.05) is 6.61 Å². The third-order valence-electron chi connectivity index (χ3n) is 4.62. The first kappa shape index (κ1) is 20.9. The van der Waals surface area contributed by atoms with Crippen molar-refractivity contribution in [1.29, 1.82) is 0 Å². The standard InChI is InChI=1S/C21H23N3O4S/c1-4-16-13(3)22-18(5-2)24(20(16)26)10-11-28-15-8-6-14(7-9-15)12-17-19(25)23-21(27)29-17/h6-9,12H,4-5,10-11H2,1-3H3,(H,23,25,27). The maximum Gasteiger partial charge on any atom is 0.290 e. The van der Waals surface area contributed by atoms with Crippen molar-refractivity contribution in [3.05, 3.63) is 62.2 Å². The largest absolute Gasteiger partial charge is 0.492 e. The fourth-order valence-electron chi connectivity index (χ4n) is 3.15. The number of nitrogens with zero attached hydrogens (tertiary/aromatic N) is 2. The summed E-state index contributed by atoms with van der Waals surface area (Å²) in [6.07, 6.45) is 2.99. The van der Waals surface area contributed by atoms with Crippen LogP contribution in [0.3, 0.4) is 0 Å². The second-order valence-electron chi connectivity index (χ2n) is 6.53. The third kappa shape index (κ3) is 4.76. The third-order valence-corrected chi connectivity index (χ3v) is 5.43. The summed E-state index contributed by atoms with van der Waals surface area (Å²) in [5, 5.41) is 1.87. The van der Waals surface area contributed by atoms with Gasteiger partial charge in [0.2, 0.25) is 0 Å². The van der Waals surface area contributed by atoms with Crippen LogP contribution in [0.15, 0.2) is 34.0 Å². The highest BCUT2D eigenvalue weighted by molar-refractivity contribution is 8.18. The van der Waals surface area contributed by atoms with Crippen molar-refractivity contribution in [2.45, 2.75) is 40.2 Å². The van der Waals surface area contributed by atoms with Gasteiger partial charge in [0.1, 0.15) is 18.2 Å². The van der Waals surface area contributed by atoms with Gasteiger partial charge in [-0.05, 0) is 48.9 Å². The van der Waals surface area contributed by atoms with Gasteiger partial charge in [0.05, 0.1) is 11.4 Å². The van der Waals surface area contributed by atoms with Crippen LogP contribution in [-0.4, -0.2) is 27.3 Å². The average molecular weight is 413 g/mol. The summed E-state index contributed by atoms with van der Waals surface area (Å²) in [6, 6.07) is 7.21. The van der Waals surface area contributed by atoms with Gasteiger partial charge < -0.3 is 4.74 Å². The van der Waals surface area contributed by atoms with Crippen LogP contribution in [0.5, 0.6) is 5.75 Å². The normalized spacial score (nSPS) is 15.1. The van der Waals surface area contributed by atoms with Crippen molar-refractivity contribution in [3.63, 3.8) is 0 Å². The SMILES string of the molecule is CCc1c(C)nc(CC)n(CCOc2ccc(C=C3SC(=O)NC3=O)cc2)c1=O. The van der Waals surface area contributed by atoms with Crippen LogP contribution in [-0.2, 0) is 24.2 Å². The first-order chi connectivity index (χ1) is 13.9. The Morgan fingerprint density at radius 2 is 1.86 bits per heavy atom. The topological polar surface area (TPSA) is 90.3 Å². The monoisotopic (exact) mass is 413 g/mol. The Bertz CT molecular complexity index is 1030. The van der Waals surface area contributed by atoms with Gasteiger partial charge in [-0.15, -0.1) is 0 Å². The number of aryl methyl sites for hydroxylation is 2. The molecule has 1 saturated heterocycles. The highest BCUT2D eigenvalue weighted by Crippen LogP contribution is 2.26. The molecule has 1 fully saturated rings. The zero-order chi connectivity index (χ0) is 21.0. The van der Waals surface area contributed by atoms with Crippen LogP contribution in [0.1, 0.15) is 36.5 Å². The molecule has 2 amide bonds. The van der Waals surface area contributed by atoms with Crippen molar-refractivity contribution >= 4 is 29.0 Å². The first-order valence-electron chi connectivity index (χ1n) is 9.49. The Morgan fingerprint density at radius 3 is 2.45 bits per heavy atom. The fourth-order valence-corrected chi connectivity index (χ4v) is 3.83. The second-order valence-corrected chi connectivity index (χ2v) is 7.54. The molecule has 0 atom stereocenters. The number of ether oxygens (including phenoxy) is 1. The Morgan fingerprint density at radius 1 is 1.14 bits per heavy atom. The van der Waals surface area contributed by atoms with Gasteiger partial charge in [-0.25, -0.2) is 4.98 Å². The van der Waals surface area contributed by atoms with E-state index in [4.69, 9.17) is 4.74 Å². The van der Waals surface area contributed by atoms with Crippen molar-refractivity contribution in [1.82, 2.24) is 14.9 Å². The number of carbonyl (C=O) groups is 2. The molecule has 1 aliphatic rings. The number of thioether (sulfide) groups is 1. The molecular weight excluding hydrogens is 390 g/mol. The summed E-state index contributed by atoms with van der Waals surface area (Å²) in [7, 11) is 0. The number of amides is 2. The molecule has 1 aromatic heterocycles. The van der Waals surface area contributed by atoms with Crippen molar-refractivity contribution < 1.29 is 14.3 Å². The number of nitrogens with one attached hydrogen (secondary N) is 1. The molecule has 8 heteroatoms. The number of hydrogen-bond donors (Lipinski definition) is 1. The molecule has 0 bridgehead atoms. The molecule has 7 nitrogen and oxygen atoms in total. The average Bonchev–Trinajstić information content (AvgIpc) is 3.01. The Labute approximate surface area is 173 Å². The van der Waals surface area contributed by atoms with Crippen LogP contribution in [0.25, 0.3) is 6.08 Å². The number of carbonyl (C=O) groups excluding carboxylic acids is 2. The van der Waals surface area contributed by atoms with Gasteiger partial charge in [0.15, 0.2) is 0 Å². The molecule has 29 heavy (non-hydrogen) atoms. The van der Waals surface area contributed by atoms with E-state index in [-0.39, 0.29) is 16.7 Å². The van der Waals surface area contributed by atoms with Gasteiger partial charge in [-0.1, -0.05) is 26.0 Å². The van der Waals surface area contributed by atoms with E-state index < -0.39 is 0 Å². The Hall–Kier alpha value is -2.87. The predicted molar refractivity (Wildman–Crippen MR) is 113 cm³/mol. The highest BCUT2D eigenvalue weighted by Gasteiger charge is 2.24. The van der Waals surface area contributed by atoms with E-state index >= 15 is 0 Å². The zero-order valence-corrected chi connectivity index (χ0v) is 17.5. The molecule has 0 saturated carbocycles. The minimum atomic E-state index is -0.379. The number of aromatic nitrogens is 2. The number of imide groups is 1. The van der Waals surface area contributed by atoms with Crippen LogP contribution in [0.4, 0.5) is 4.79 Å². The summed E-state index contributed by atoms with van der Waals surface area (Å²) >= 11 is 0.885. The smallest absolute Gasteiger partial charge is 0.290 e. The van der Waals surface area contributed by atoms with Gasteiger partial charge in [-0.3, -0.25) is 24.3 Å². The van der Waals surface area contributed by atoms with Gasteiger partial charge in [0.25, 0.3) is 16.7 Å². The lowest BCUT2D eigenvalue weighted by Crippen LogP contribution is -2.31. The van der Waals surface area contributed by atoms with Crippen LogP contribution < -0.4 is 15.6 Å². The van der Waals surface area contributed by atoms with Gasteiger partial charge in [0, 0.05) is 17.7 Å². The predicted octanol–water partition coefficient (Wildman–Crippen LogP) is 3.08. The van der Waals surface area contributed by atoms with Gasteiger partial charge >= 0.3 is 0 Å². The summed E-state index contributed by atoms with van der Waals surface area (Å²) in [5.41, 5.74) is 2.34. The van der Waals surface area contributed by atoms with Crippen molar-refractivity contribution in [3.8, 4) is 5.75 Å². The summed E-state index contributed by atoms with van der Waals surface area (Å²) < 4.78 is 7.48. The maximum absolute atomic E-state index is 12.7. The van der Waals surface area contributed by atoms with Crippen molar-refractivity contribution in [2.24, 2.45) is 0 Å². The number of rotatable bonds is 7. The van der Waals surface area contributed by atoms with E-state index in [1.54, 1.807) is 22.8 Å². The fraction of sp³-hybridized carbons (Fsp3) is 0.333. The Balaban J connectivity index is 1.66. The molecule has 0 radical (unpaired) electrons. The molecule has 3 rings (SSSR count). The summed E-state index contributed by atoms with van der Waals surface area (Å²) in [6.45, 7) is 6.58. The lowest BCUT2D eigenvalue weighted by atomic mass is 10.2. The van der Waals surface area contributed by atoms with E-state index in [1.807, 2.05) is 32.9 Å².